The normalized spacial score (nSPS) is 9.80. The highest BCUT2D eigenvalue weighted by atomic mass is 35.5. The van der Waals surface area contributed by atoms with Gasteiger partial charge in [-0.15, -0.1) is 0 Å². The lowest BCUT2D eigenvalue weighted by Gasteiger charge is -1.96. The molecule has 0 amide bonds. The first-order valence-corrected chi connectivity index (χ1v) is 2.91. The lowest BCUT2D eigenvalue weighted by atomic mass is 10.5. The minimum atomic E-state index is -0.590. The Kier molecular flexibility index (Phi) is 1.63. The molecule has 0 aromatic carbocycles. The number of aromatic hydroxyl groups is 1. The first kappa shape index (κ1) is 7.08. The molecule has 1 N–H and O–H groups in total. The van der Waals surface area contributed by atoms with Crippen LogP contribution < -0.4 is 5.56 Å². The van der Waals surface area contributed by atoms with Gasteiger partial charge in [-0.25, -0.2) is 4.68 Å². The van der Waals surface area contributed by atoms with E-state index in [4.69, 9.17) is 16.7 Å². The van der Waals surface area contributed by atoms with E-state index >= 15 is 0 Å². The Morgan fingerprint density at radius 2 is 2.40 bits per heavy atom. The zero-order valence-electron chi connectivity index (χ0n) is 5.21. The summed E-state index contributed by atoms with van der Waals surface area (Å²) in [6, 6.07) is 0. The van der Waals surface area contributed by atoms with Gasteiger partial charge in [-0.1, -0.05) is 11.6 Å². The molecule has 0 bridgehead atoms. The summed E-state index contributed by atoms with van der Waals surface area (Å²) in [6.07, 6.45) is 1.21. The van der Waals surface area contributed by atoms with E-state index in [1.165, 1.54) is 13.2 Å². The first-order chi connectivity index (χ1) is 4.63. The zero-order valence-corrected chi connectivity index (χ0v) is 5.96. The maximum Gasteiger partial charge on any atom is 0.310 e. The molecule has 0 atom stereocenters. The van der Waals surface area contributed by atoms with Gasteiger partial charge in [-0.05, 0) is 0 Å². The number of aryl methyl sites for hydroxylation is 1. The summed E-state index contributed by atoms with van der Waals surface area (Å²) in [4.78, 5) is 10.8. The summed E-state index contributed by atoms with van der Waals surface area (Å²) in [5.41, 5.74) is -0.590. The highest BCUT2D eigenvalue weighted by Gasteiger charge is 2.03. The van der Waals surface area contributed by atoms with Crippen LogP contribution in [0.4, 0.5) is 0 Å². The first-order valence-electron chi connectivity index (χ1n) is 2.53. The van der Waals surface area contributed by atoms with Gasteiger partial charge < -0.3 is 5.11 Å². The van der Waals surface area contributed by atoms with Crippen LogP contribution in [0.5, 0.6) is 5.75 Å². The molecule has 10 heavy (non-hydrogen) atoms. The molecule has 1 heterocycles. The molecule has 0 radical (unpaired) electrons. The molecule has 0 spiro atoms. The molecule has 0 aliphatic carbocycles. The van der Waals surface area contributed by atoms with Gasteiger partial charge in [-0.2, -0.15) is 5.10 Å². The van der Waals surface area contributed by atoms with Gasteiger partial charge >= 0.3 is 5.56 Å². The smallest absolute Gasteiger partial charge is 0.310 e. The number of hydrogen-bond acceptors (Lipinski definition) is 3. The van der Waals surface area contributed by atoms with Crippen LogP contribution in [0.3, 0.4) is 0 Å². The summed E-state index contributed by atoms with van der Waals surface area (Å²) in [6.45, 7) is 0. The minimum Gasteiger partial charge on any atom is -0.502 e. The second-order valence-electron chi connectivity index (χ2n) is 1.77. The highest BCUT2D eigenvalue weighted by molar-refractivity contribution is 6.31. The molecule has 0 saturated heterocycles. The quantitative estimate of drug-likeness (QED) is 0.588. The molecule has 0 aliphatic heterocycles. The van der Waals surface area contributed by atoms with Crippen molar-refractivity contribution < 1.29 is 5.11 Å². The molecule has 0 fully saturated rings. The third kappa shape index (κ3) is 0.974. The van der Waals surface area contributed by atoms with Crippen molar-refractivity contribution in [3.63, 3.8) is 0 Å². The van der Waals surface area contributed by atoms with Crippen molar-refractivity contribution in [2.75, 3.05) is 0 Å². The third-order valence-corrected chi connectivity index (χ3v) is 1.34. The fourth-order valence-electron chi connectivity index (χ4n) is 0.506. The van der Waals surface area contributed by atoms with E-state index in [0.717, 1.165) is 4.68 Å². The maximum absolute atomic E-state index is 10.8. The van der Waals surface area contributed by atoms with Crippen LogP contribution >= 0.6 is 11.6 Å². The molecular formula is C5H5ClN2O2. The summed E-state index contributed by atoms with van der Waals surface area (Å²) >= 11 is 5.36. The standard InChI is InChI=1S/C5H5ClN2O2/c1-8-5(10)4(9)3(6)2-7-8/h2,9H,1H3. The molecule has 5 heteroatoms. The van der Waals surface area contributed by atoms with E-state index in [1.807, 2.05) is 0 Å². The number of hydrogen-bond donors (Lipinski definition) is 1. The van der Waals surface area contributed by atoms with Gasteiger partial charge in [0.05, 0.1) is 6.20 Å². The van der Waals surface area contributed by atoms with Crippen molar-refractivity contribution in [1.82, 2.24) is 9.78 Å². The Labute approximate surface area is 61.7 Å². The number of halogens is 1. The molecule has 1 aromatic rings. The lowest BCUT2D eigenvalue weighted by molar-refractivity contribution is 0.454. The zero-order chi connectivity index (χ0) is 7.72. The van der Waals surface area contributed by atoms with Crippen LogP contribution in [0.25, 0.3) is 0 Å². The van der Waals surface area contributed by atoms with Crippen LogP contribution in [0.15, 0.2) is 11.0 Å². The average Bonchev–Trinajstić information content (AvgIpc) is 1.93. The van der Waals surface area contributed by atoms with Gasteiger partial charge in [0.1, 0.15) is 5.02 Å². The number of nitrogens with zero attached hydrogens (tertiary/aromatic N) is 2. The molecule has 0 unspecified atom stereocenters. The Balaban J connectivity index is 3.50. The Morgan fingerprint density at radius 3 is 2.90 bits per heavy atom. The second kappa shape index (κ2) is 2.30. The van der Waals surface area contributed by atoms with Gasteiger partial charge in [0, 0.05) is 7.05 Å². The Bertz CT molecular complexity index is 307. The lowest BCUT2D eigenvalue weighted by Crippen LogP contribution is -2.18. The number of rotatable bonds is 0. The van der Waals surface area contributed by atoms with Crippen molar-refractivity contribution in [2.24, 2.45) is 7.05 Å². The van der Waals surface area contributed by atoms with Gasteiger partial charge in [0.2, 0.25) is 5.75 Å². The van der Waals surface area contributed by atoms with Crippen molar-refractivity contribution in [3.8, 4) is 5.75 Å². The van der Waals surface area contributed by atoms with Gasteiger partial charge in [0.25, 0.3) is 0 Å². The van der Waals surface area contributed by atoms with Crippen LogP contribution in [0, 0.1) is 0 Å². The van der Waals surface area contributed by atoms with Crippen LogP contribution in [-0.4, -0.2) is 14.9 Å². The number of aromatic nitrogens is 2. The molecular weight excluding hydrogens is 156 g/mol. The second-order valence-corrected chi connectivity index (χ2v) is 2.18. The van der Waals surface area contributed by atoms with Crippen LogP contribution in [0.2, 0.25) is 5.02 Å². The summed E-state index contributed by atoms with van der Waals surface area (Å²) in [7, 11) is 1.43. The maximum atomic E-state index is 10.8. The van der Waals surface area contributed by atoms with E-state index < -0.39 is 11.3 Å². The van der Waals surface area contributed by atoms with Crippen molar-refractivity contribution >= 4 is 11.6 Å². The minimum absolute atomic E-state index is 0.0249. The van der Waals surface area contributed by atoms with Crippen LogP contribution in [0.1, 0.15) is 0 Å². The monoisotopic (exact) mass is 160 g/mol. The largest absolute Gasteiger partial charge is 0.502 e. The SMILES string of the molecule is Cn1ncc(Cl)c(O)c1=O. The summed E-state index contributed by atoms with van der Waals surface area (Å²) < 4.78 is 1.00. The van der Waals surface area contributed by atoms with Gasteiger partial charge in [0.15, 0.2) is 0 Å². The fraction of sp³-hybridized carbons (Fsp3) is 0.200. The van der Waals surface area contributed by atoms with Crippen LogP contribution in [-0.2, 0) is 7.05 Å². The molecule has 1 aromatic heterocycles. The molecule has 54 valence electrons. The van der Waals surface area contributed by atoms with Gasteiger partial charge in [-0.3, -0.25) is 4.79 Å². The Morgan fingerprint density at radius 1 is 1.80 bits per heavy atom. The topological polar surface area (TPSA) is 55.1 Å². The van der Waals surface area contributed by atoms with Crippen molar-refractivity contribution in [1.29, 1.82) is 0 Å². The average molecular weight is 161 g/mol. The fourth-order valence-corrected chi connectivity index (χ4v) is 0.631. The van der Waals surface area contributed by atoms with Crippen molar-refractivity contribution in [2.45, 2.75) is 0 Å². The van der Waals surface area contributed by atoms with E-state index in [2.05, 4.69) is 5.10 Å². The predicted molar refractivity (Wildman–Crippen MR) is 36.2 cm³/mol. The van der Waals surface area contributed by atoms with E-state index in [-0.39, 0.29) is 5.02 Å². The molecule has 1 rings (SSSR count). The van der Waals surface area contributed by atoms with E-state index in [9.17, 15) is 4.79 Å². The predicted octanol–water partition coefficient (Wildman–Crippen LogP) is 0.139. The summed E-state index contributed by atoms with van der Waals surface area (Å²) in [5.74, 6) is -0.459. The summed E-state index contributed by atoms with van der Waals surface area (Å²) in [5, 5.41) is 12.4. The van der Waals surface area contributed by atoms with E-state index in [1.54, 1.807) is 0 Å². The Hall–Kier alpha value is -1.03. The molecule has 0 aliphatic rings. The molecule has 4 nitrogen and oxygen atoms in total. The molecule has 0 saturated carbocycles. The van der Waals surface area contributed by atoms with E-state index in [0.29, 0.717) is 0 Å². The van der Waals surface area contributed by atoms with Crippen molar-refractivity contribution in [3.05, 3.63) is 21.6 Å². The highest BCUT2D eigenvalue weighted by Crippen LogP contribution is 2.14. The third-order valence-electron chi connectivity index (χ3n) is 1.07.